The predicted molar refractivity (Wildman–Crippen MR) is 120 cm³/mol. The second-order valence-electron chi connectivity index (χ2n) is 8.98. The average Bonchev–Trinajstić information content (AvgIpc) is 2.73. The summed E-state index contributed by atoms with van der Waals surface area (Å²) in [4.78, 5) is 4.56. The molecule has 0 amide bonds. The van der Waals surface area contributed by atoms with Crippen molar-refractivity contribution >= 4 is 28.9 Å². The summed E-state index contributed by atoms with van der Waals surface area (Å²) in [5.41, 5.74) is 2.86. The molecule has 2 aromatic carbocycles. The number of para-hydroxylation sites is 1. The van der Waals surface area contributed by atoms with Crippen molar-refractivity contribution in [2.75, 3.05) is 7.11 Å². The van der Waals surface area contributed by atoms with Gasteiger partial charge in [-0.15, -0.1) is 0 Å². The number of ether oxygens (including phenoxy) is 1. The molecule has 4 aliphatic rings. The second-order valence-corrected chi connectivity index (χ2v) is 12.7. The maximum atomic E-state index is 11.2. The summed E-state index contributed by atoms with van der Waals surface area (Å²) in [6.07, 6.45) is 9.61. The molecule has 4 fully saturated rings. The molecule has 3 nitrogen and oxygen atoms in total. The number of aromatic hydroxyl groups is 1. The molecular formula is C24H27Cl2NO2Zr. The molecule has 0 radical (unpaired) electrons. The molecule has 0 saturated heterocycles. The fourth-order valence-corrected chi connectivity index (χ4v) is 6.35. The Labute approximate surface area is 197 Å². The maximum absolute atomic E-state index is 11.2. The van der Waals surface area contributed by atoms with E-state index in [1.54, 1.807) is 13.3 Å². The van der Waals surface area contributed by atoms with Crippen molar-refractivity contribution in [2.45, 2.75) is 43.9 Å². The van der Waals surface area contributed by atoms with Crippen LogP contribution in [0.5, 0.6) is 11.5 Å². The summed E-state index contributed by atoms with van der Waals surface area (Å²) in [6.45, 7) is 0. The molecule has 0 unspecified atom stereocenters. The summed E-state index contributed by atoms with van der Waals surface area (Å²) in [7, 11) is 11.6. The Morgan fingerprint density at radius 3 is 2.13 bits per heavy atom. The second kappa shape index (κ2) is 9.76. The molecule has 0 spiro atoms. The number of hydrogen-bond acceptors (Lipinski definition) is 3. The van der Waals surface area contributed by atoms with Gasteiger partial charge in [0.05, 0.1) is 12.8 Å². The minimum atomic E-state index is -0.826. The fourth-order valence-electron chi connectivity index (χ4n) is 6.35. The van der Waals surface area contributed by atoms with Gasteiger partial charge in [-0.2, -0.15) is 0 Å². The molecule has 4 saturated carbocycles. The molecule has 0 atom stereocenters. The van der Waals surface area contributed by atoms with E-state index < -0.39 is 20.8 Å². The average molecular weight is 524 g/mol. The number of phenols is 1. The third kappa shape index (κ3) is 4.66. The number of phenolic OH excluding ortho intramolecular Hbond substituents is 1. The Hall–Kier alpha value is -0.827. The predicted octanol–water partition coefficient (Wildman–Crippen LogP) is 7.00. The van der Waals surface area contributed by atoms with Gasteiger partial charge in [-0.25, -0.2) is 0 Å². The van der Waals surface area contributed by atoms with Crippen LogP contribution in [0.2, 0.25) is 0 Å². The van der Waals surface area contributed by atoms with Gasteiger partial charge in [0.15, 0.2) is 0 Å². The van der Waals surface area contributed by atoms with Gasteiger partial charge in [0.25, 0.3) is 0 Å². The number of benzene rings is 2. The zero-order valence-corrected chi connectivity index (χ0v) is 21.1. The molecule has 6 heteroatoms. The molecule has 6 rings (SSSR count). The third-order valence-corrected chi connectivity index (χ3v) is 7.07. The van der Waals surface area contributed by atoms with Gasteiger partial charge in [-0.1, -0.05) is 18.2 Å². The number of hydrogen-bond donors (Lipinski definition) is 1. The van der Waals surface area contributed by atoms with Crippen LogP contribution in [0.3, 0.4) is 0 Å². The Morgan fingerprint density at radius 2 is 1.60 bits per heavy atom. The van der Waals surface area contributed by atoms with Crippen LogP contribution in [-0.2, 0) is 26.3 Å². The molecule has 0 heterocycles. The van der Waals surface area contributed by atoms with E-state index in [9.17, 15) is 5.11 Å². The topological polar surface area (TPSA) is 41.8 Å². The van der Waals surface area contributed by atoms with Gasteiger partial charge >= 0.3 is 37.9 Å². The quantitative estimate of drug-likeness (QED) is 0.439. The summed E-state index contributed by atoms with van der Waals surface area (Å²) < 4.78 is 5.59. The van der Waals surface area contributed by atoms with Crippen molar-refractivity contribution in [1.29, 1.82) is 0 Å². The summed E-state index contributed by atoms with van der Waals surface area (Å²) >= 11 is -0.826. The number of aliphatic imine (C=N–C) groups is 1. The first-order valence-corrected chi connectivity index (χ1v) is 16.9. The number of halogens is 2. The van der Waals surface area contributed by atoms with Crippen molar-refractivity contribution in [3.8, 4) is 11.5 Å². The van der Waals surface area contributed by atoms with Crippen molar-refractivity contribution in [3.63, 3.8) is 0 Å². The molecular weight excluding hydrogens is 496 g/mol. The Balaban J connectivity index is 0.000000687. The van der Waals surface area contributed by atoms with Crippen LogP contribution in [0.25, 0.3) is 0 Å². The van der Waals surface area contributed by atoms with Gasteiger partial charge in [-0.05, 0) is 86.0 Å². The van der Waals surface area contributed by atoms with Gasteiger partial charge < -0.3 is 9.84 Å². The van der Waals surface area contributed by atoms with Gasteiger partial charge in [0, 0.05) is 17.3 Å². The van der Waals surface area contributed by atoms with Crippen molar-refractivity contribution in [2.24, 2.45) is 22.7 Å². The molecule has 2 aromatic rings. The van der Waals surface area contributed by atoms with Crippen LogP contribution in [0, 0.1) is 17.8 Å². The normalized spacial score (nSPS) is 28.8. The zero-order valence-electron chi connectivity index (χ0n) is 17.2. The Morgan fingerprint density at radius 1 is 1.03 bits per heavy atom. The molecule has 0 aromatic heterocycles. The zero-order chi connectivity index (χ0) is 21.1. The Bertz CT molecular complexity index is 868. The molecule has 30 heavy (non-hydrogen) atoms. The van der Waals surface area contributed by atoms with E-state index in [-0.39, 0.29) is 5.41 Å². The van der Waals surface area contributed by atoms with Crippen LogP contribution < -0.4 is 4.74 Å². The first-order valence-electron chi connectivity index (χ1n) is 10.5. The van der Waals surface area contributed by atoms with Crippen LogP contribution in [0.4, 0.5) is 5.69 Å². The first kappa shape index (κ1) is 22.4. The molecule has 0 aliphatic heterocycles. The molecule has 4 aliphatic carbocycles. The monoisotopic (exact) mass is 521 g/mol. The summed E-state index contributed by atoms with van der Waals surface area (Å²) in [5.74, 6) is 3.72. The first-order chi connectivity index (χ1) is 14.6. The van der Waals surface area contributed by atoms with E-state index in [0.717, 1.165) is 40.3 Å². The van der Waals surface area contributed by atoms with Crippen LogP contribution in [0.15, 0.2) is 47.5 Å². The van der Waals surface area contributed by atoms with Crippen LogP contribution in [-0.4, -0.2) is 18.4 Å². The van der Waals surface area contributed by atoms with E-state index in [1.807, 2.05) is 36.4 Å². The summed E-state index contributed by atoms with van der Waals surface area (Å²) in [5, 5.41) is 11.2. The standard InChI is InChI=1S/C24H27NO2.2ClH.Zr/c1-27-21-10-19(15-25-20-5-3-2-4-6-20)23(26)22(11-21)24-12-16-7-17(13-24)9-18(8-16)14-24;;;/h2-6,10-11,15-18,26H,7-9,12-14H2,1H3;2*1H;/q;;;+2/p-2. The van der Waals surface area contributed by atoms with Crippen molar-refractivity contribution < 1.29 is 30.7 Å². The fraction of sp³-hybridized carbons (Fsp3) is 0.458. The van der Waals surface area contributed by atoms with Crippen LogP contribution in [0.1, 0.15) is 49.7 Å². The third-order valence-electron chi connectivity index (χ3n) is 7.07. The van der Waals surface area contributed by atoms with Crippen LogP contribution >= 0.6 is 17.0 Å². The molecule has 4 bridgehead atoms. The van der Waals surface area contributed by atoms with Gasteiger partial charge in [-0.3, -0.25) is 4.99 Å². The van der Waals surface area contributed by atoms with E-state index in [1.165, 1.54) is 38.5 Å². The molecule has 1 N–H and O–H groups in total. The molecule has 158 valence electrons. The van der Waals surface area contributed by atoms with Crippen molar-refractivity contribution in [3.05, 3.63) is 53.6 Å². The minimum absolute atomic E-state index is 0.128. The number of nitrogens with zero attached hydrogens (tertiary/aromatic N) is 1. The number of methoxy groups -OCH3 is 1. The van der Waals surface area contributed by atoms with E-state index in [4.69, 9.17) is 21.8 Å². The van der Waals surface area contributed by atoms with E-state index in [0.29, 0.717) is 5.75 Å². The van der Waals surface area contributed by atoms with E-state index in [2.05, 4.69) is 11.1 Å². The number of rotatable bonds is 4. The van der Waals surface area contributed by atoms with Gasteiger partial charge in [0.1, 0.15) is 11.5 Å². The van der Waals surface area contributed by atoms with Crippen molar-refractivity contribution in [1.82, 2.24) is 0 Å². The Kier molecular flexibility index (Phi) is 7.28. The van der Waals surface area contributed by atoms with E-state index >= 15 is 0 Å². The van der Waals surface area contributed by atoms with Gasteiger partial charge in [0.2, 0.25) is 0 Å². The summed E-state index contributed by atoms with van der Waals surface area (Å²) in [6, 6.07) is 13.8. The SMILES string of the molecule is COc1cc(C=Nc2ccccc2)c(O)c(C23CC4CC(CC(C4)C2)C3)c1.[Cl][Zr][Cl].